The lowest BCUT2D eigenvalue weighted by Gasteiger charge is -2.11. The Kier molecular flexibility index (Phi) is 6.49. The summed E-state index contributed by atoms with van der Waals surface area (Å²) < 4.78 is 16.1. The molecule has 1 amide bonds. The largest absolute Gasteiger partial charge is 0.493 e. The zero-order valence-corrected chi connectivity index (χ0v) is 14.3. The minimum absolute atomic E-state index is 0.0596. The molecule has 24 heavy (non-hydrogen) atoms. The van der Waals surface area contributed by atoms with Gasteiger partial charge in [0.25, 0.3) is 0 Å². The summed E-state index contributed by atoms with van der Waals surface area (Å²) in [6.07, 6.45) is 1.04. The zero-order valence-electron chi connectivity index (χ0n) is 14.3. The maximum Gasteiger partial charge on any atom is 0.224 e. The number of amides is 1. The van der Waals surface area contributed by atoms with Crippen molar-refractivity contribution in [3.05, 3.63) is 48.0 Å². The highest BCUT2D eigenvalue weighted by atomic mass is 16.5. The molecular weight excluding hydrogens is 306 g/mol. The number of rotatable bonds is 8. The molecule has 0 aliphatic heterocycles. The van der Waals surface area contributed by atoms with Gasteiger partial charge in [0.2, 0.25) is 5.91 Å². The summed E-state index contributed by atoms with van der Waals surface area (Å²) in [7, 11) is 3.14. The third-order valence-electron chi connectivity index (χ3n) is 3.57. The van der Waals surface area contributed by atoms with Crippen LogP contribution >= 0.6 is 0 Å². The SMILES string of the molecule is COc1ccc(NC(=O)CCCOc2ccccc2C)cc1OC. The van der Waals surface area contributed by atoms with Crippen molar-refractivity contribution in [1.82, 2.24) is 0 Å². The first-order valence-electron chi connectivity index (χ1n) is 7.84. The quantitative estimate of drug-likeness (QED) is 0.748. The maximum absolute atomic E-state index is 12.0. The molecule has 0 heterocycles. The number of para-hydroxylation sites is 1. The van der Waals surface area contributed by atoms with Crippen LogP contribution < -0.4 is 19.5 Å². The lowest BCUT2D eigenvalue weighted by molar-refractivity contribution is -0.116. The van der Waals surface area contributed by atoms with Crippen LogP contribution in [0.3, 0.4) is 0 Å². The second-order valence-corrected chi connectivity index (χ2v) is 5.34. The van der Waals surface area contributed by atoms with Gasteiger partial charge >= 0.3 is 0 Å². The molecule has 0 unspecified atom stereocenters. The molecule has 2 aromatic rings. The third-order valence-corrected chi connectivity index (χ3v) is 3.57. The molecule has 0 atom stereocenters. The number of carbonyl (C=O) groups is 1. The first-order chi connectivity index (χ1) is 11.6. The maximum atomic E-state index is 12.0. The van der Waals surface area contributed by atoms with Crippen LogP contribution in [-0.2, 0) is 4.79 Å². The predicted octanol–water partition coefficient (Wildman–Crippen LogP) is 3.81. The van der Waals surface area contributed by atoms with E-state index in [1.54, 1.807) is 32.4 Å². The van der Waals surface area contributed by atoms with E-state index in [0.29, 0.717) is 36.6 Å². The standard InChI is InChI=1S/C19H23NO4/c1-14-7-4-5-8-16(14)24-12-6-9-19(21)20-15-10-11-17(22-2)18(13-15)23-3/h4-5,7-8,10-11,13H,6,9,12H2,1-3H3,(H,20,21). The fourth-order valence-electron chi connectivity index (χ4n) is 2.27. The molecule has 0 aliphatic carbocycles. The molecule has 0 radical (unpaired) electrons. The lowest BCUT2D eigenvalue weighted by atomic mass is 10.2. The number of ether oxygens (including phenoxy) is 3. The van der Waals surface area contributed by atoms with E-state index in [-0.39, 0.29) is 5.91 Å². The van der Waals surface area contributed by atoms with Crippen LogP contribution in [0.2, 0.25) is 0 Å². The van der Waals surface area contributed by atoms with Crippen molar-refractivity contribution in [2.75, 3.05) is 26.1 Å². The van der Waals surface area contributed by atoms with E-state index >= 15 is 0 Å². The van der Waals surface area contributed by atoms with Gasteiger partial charge in [-0.2, -0.15) is 0 Å². The predicted molar refractivity (Wildman–Crippen MR) is 94.1 cm³/mol. The molecule has 0 spiro atoms. The molecule has 0 saturated heterocycles. The average Bonchev–Trinajstić information content (AvgIpc) is 2.60. The van der Waals surface area contributed by atoms with Crippen LogP contribution in [-0.4, -0.2) is 26.7 Å². The number of nitrogens with one attached hydrogen (secondary N) is 1. The fraction of sp³-hybridized carbons (Fsp3) is 0.316. The van der Waals surface area contributed by atoms with Crippen LogP contribution in [0, 0.1) is 6.92 Å². The van der Waals surface area contributed by atoms with Gasteiger partial charge in [-0.1, -0.05) is 18.2 Å². The second-order valence-electron chi connectivity index (χ2n) is 5.34. The Morgan fingerprint density at radius 1 is 1.00 bits per heavy atom. The van der Waals surface area contributed by atoms with Gasteiger partial charge < -0.3 is 19.5 Å². The van der Waals surface area contributed by atoms with E-state index in [2.05, 4.69) is 5.32 Å². The normalized spacial score (nSPS) is 10.1. The number of methoxy groups -OCH3 is 2. The molecule has 1 N–H and O–H groups in total. The van der Waals surface area contributed by atoms with Crippen LogP contribution in [0.4, 0.5) is 5.69 Å². The molecule has 5 nitrogen and oxygen atoms in total. The van der Waals surface area contributed by atoms with Crippen molar-refractivity contribution in [3.8, 4) is 17.2 Å². The molecule has 128 valence electrons. The van der Waals surface area contributed by atoms with Gasteiger partial charge in [-0.25, -0.2) is 0 Å². The highest BCUT2D eigenvalue weighted by molar-refractivity contribution is 5.91. The average molecular weight is 329 g/mol. The Morgan fingerprint density at radius 3 is 2.46 bits per heavy atom. The monoisotopic (exact) mass is 329 g/mol. The summed E-state index contributed by atoms with van der Waals surface area (Å²) in [5.41, 5.74) is 1.77. The number of hydrogen-bond acceptors (Lipinski definition) is 4. The van der Waals surface area contributed by atoms with Crippen molar-refractivity contribution in [1.29, 1.82) is 0 Å². The number of hydrogen-bond donors (Lipinski definition) is 1. The Morgan fingerprint density at radius 2 is 1.75 bits per heavy atom. The number of anilines is 1. The number of benzene rings is 2. The van der Waals surface area contributed by atoms with Crippen LogP contribution in [0.5, 0.6) is 17.2 Å². The van der Waals surface area contributed by atoms with Crippen molar-refractivity contribution in [3.63, 3.8) is 0 Å². The van der Waals surface area contributed by atoms with Crippen LogP contribution in [0.25, 0.3) is 0 Å². The zero-order chi connectivity index (χ0) is 17.4. The van der Waals surface area contributed by atoms with Gasteiger partial charge in [0.15, 0.2) is 11.5 Å². The van der Waals surface area contributed by atoms with E-state index in [1.807, 2.05) is 31.2 Å². The molecule has 0 aliphatic rings. The summed E-state index contributed by atoms with van der Waals surface area (Å²) in [5, 5.41) is 2.85. The number of carbonyl (C=O) groups excluding carboxylic acids is 1. The van der Waals surface area contributed by atoms with Crippen molar-refractivity contribution >= 4 is 11.6 Å². The first-order valence-corrected chi connectivity index (χ1v) is 7.84. The first kappa shape index (κ1) is 17.7. The molecule has 0 saturated carbocycles. The smallest absolute Gasteiger partial charge is 0.224 e. The van der Waals surface area contributed by atoms with Crippen LogP contribution in [0.1, 0.15) is 18.4 Å². The van der Waals surface area contributed by atoms with Gasteiger partial charge in [-0.3, -0.25) is 4.79 Å². The Labute approximate surface area is 142 Å². The summed E-state index contributed by atoms with van der Waals surface area (Å²) in [4.78, 5) is 12.0. The van der Waals surface area contributed by atoms with Gasteiger partial charge in [-0.15, -0.1) is 0 Å². The summed E-state index contributed by atoms with van der Waals surface area (Å²) in [5.74, 6) is 2.01. The molecule has 5 heteroatoms. The van der Waals surface area contributed by atoms with Gasteiger partial charge in [-0.05, 0) is 37.1 Å². The highest BCUT2D eigenvalue weighted by Gasteiger charge is 2.07. The van der Waals surface area contributed by atoms with E-state index in [1.165, 1.54) is 0 Å². The topological polar surface area (TPSA) is 56.8 Å². The van der Waals surface area contributed by atoms with E-state index in [0.717, 1.165) is 11.3 Å². The van der Waals surface area contributed by atoms with Crippen molar-refractivity contribution < 1.29 is 19.0 Å². The minimum atomic E-state index is -0.0596. The molecule has 0 fully saturated rings. The van der Waals surface area contributed by atoms with E-state index in [4.69, 9.17) is 14.2 Å². The van der Waals surface area contributed by atoms with Gasteiger partial charge in [0.1, 0.15) is 5.75 Å². The van der Waals surface area contributed by atoms with E-state index in [9.17, 15) is 4.79 Å². The Bertz CT molecular complexity index is 685. The summed E-state index contributed by atoms with van der Waals surface area (Å²) >= 11 is 0. The lowest BCUT2D eigenvalue weighted by Crippen LogP contribution is -2.13. The molecule has 0 bridgehead atoms. The highest BCUT2D eigenvalue weighted by Crippen LogP contribution is 2.29. The number of aryl methyl sites for hydroxylation is 1. The second kappa shape index (κ2) is 8.82. The fourth-order valence-corrected chi connectivity index (χ4v) is 2.27. The summed E-state index contributed by atoms with van der Waals surface area (Å²) in [6.45, 7) is 2.50. The Hall–Kier alpha value is -2.69. The van der Waals surface area contributed by atoms with Crippen molar-refractivity contribution in [2.24, 2.45) is 0 Å². The third kappa shape index (κ3) is 4.91. The molecule has 2 rings (SSSR count). The van der Waals surface area contributed by atoms with Gasteiger partial charge in [0, 0.05) is 18.2 Å². The Balaban J connectivity index is 1.78. The minimum Gasteiger partial charge on any atom is -0.493 e. The van der Waals surface area contributed by atoms with Gasteiger partial charge in [0.05, 0.1) is 20.8 Å². The molecule has 0 aromatic heterocycles. The summed E-state index contributed by atoms with van der Waals surface area (Å²) in [6, 6.07) is 13.1. The molecule has 2 aromatic carbocycles. The van der Waals surface area contributed by atoms with E-state index < -0.39 is 0 Å². The van der Waals surface area contributed by atoms with Crippen molar-refractivity contribution in [2.45, 2.75) is 19.8 Å². The van der Waals surface area contributed by atoms with Crippen LogP contribution in [0.15, 0.2) is 42.5 Å². The molecular formula is C19H23NO4.